The highest BCUT2D eigenvalue weighted by Crippen LogP contribution is 2.25. The van der Waals surface area contributed by atoms with Crippen molar-refractivity contribution in [2.24, 2.45) is 0 Å². The summed E-state index contributed by atoms with van der Waals surface area (Å²) in [6.07, 6.45) is 0. The highest BCUT2D eigenvalue weighted by Gasteiger charge is 2.15. The van der Waals surface area contributed by atoms with Crippen molar-refractivity contribution in [3.63, 3.8) is 0 Å². The van der Waals surface area contributed by atoms with Crippen LogP contribution in [0.3, 0.4) is 0 Å². The van der Waals surface area contributed by atoms with Crippen molar-refractivity contribution in [2.75, 3.05) is 12.8 Å². The Kier molecular flexibility index (Phi) is 3.33. The number of carbonyl (C=O) groups is 1. The molecule has 92 valence electrons. The molecule has 0 saturated carbocycles. The lowest BCUT2D eigenvalue weighted by Crippen LogP contribution is -2.06. The van der Waals surface area contributed by atoms with E-state index in [1.165, 1.54) is 7.11 Å². The SMILES string of the molecule is COc1cc(N)ccc1C(=O)c1ccccc1C. The molecule has 0 heterocycles. The van der Waals surface area contributed by atoms with Gasteiger partial charge in [0.1, 0.15) is 5.75 Å². The number of benzene rings is 2. The predicted octanol–water partition coefficient (Wildman–Crippen LogP) is 2.82. The molecule has 0 aliphatic rings. The van der Waals surface area contributed by atoms with Gasteiger partial charge in [-0.15, -0.1) is 0 Å². The summed E-state index contributed by atoms with van der Waals surface area (Å²) in [4.78, 5) is 12.4. The summed E-state index contributed by atoms with van der Waals surface area (Å²) in [5.41, 5.74) is 8.41. The molecule has 3 heteroatoms. The maximum absolute atomic E-state index is 12.4. The normalized spacial score (nSPS) is 10.1. The largest absolute Gasteiger partial charge is 0.496 e. The molecular formula is C15H15NO2. The number of methoxy groups -OCH3 is 1. The van der Waals surface area contributed by atoms with Gasteiger partial charge >= 0.3 is 0 Å². The average molecular weight is 241 g/mol. The van der Waals surface area contributed by atoms with Gasteiger partial charge in [-0.2, -0.15) is 0 Å². The van der Waals surface area contributed by atoms with Gasteiger partial charge in [-0.3, -0.25) is 4.79 Å². The van der Waals surface area contributed by atoms with Crippen LogP contribution in [0.15, 0.2) is 42.5 Å². The fourth-order valence-corrected chi connectivity index (χ4v) is 1.87. The quantitative estimate of drug-likeness (QED) is 0.664. The Morgan fingerprint density at radius 1 is 1.11 bits per heavy atom. The summed E-state index contributed by atoms with van der Waals surface area (Å²) in [5.74, 6) is 0.452. The number of ketones is 1. The lowest BCUT2D eigenvalue weighted by atomic mass is 9.98. The zero-order valence-electron chi connectivity index (χ0n) is 10.4. The fraction of sp³-hybridized carbons (Fsp3) is 0.133. The summed E-state index contributed by atoms with van der Waals surface area (Å²) in [6.45, 7) is 1.91. The molecule has 0 unspecified atom stereocenters. The maximum atomic E-state index is 12.4. The minimum Gasteiger partial charge on any atom is -0.496 e. The first-order valence-electron chi connectivity index (χ1n) is 5.67. The van der Waals surface area contributed by atoms with Crippen molar-refractivity contribution in [1.82, 2.24) is 0 Å². The maximum Gasteiger partial charge on any atom is 0.197 e. The van der Waals surface area contributed by atoms with Crippen molar-refractivity contribution in [3.8, 4) is 5.75 Å². The van der Waals surface area contributed by atoms with E-state index >= 15 is 0 Å². The number of aryl methyl sites for hydroxylation is 1. The van der Waals surface area contributed by atoms with Gasteiger partial charge in [-0.1, -0.05) is 24.3 Å². The molecule has 2 aromatic carbocycles. The zero-order chi connectivity index (χ0) is 13.1. The third kappa shape index (κ3) is 2.20. The molecule has 0 atom stereocenters. The number of rotatable bonds is 3. The van der Waals surface area contributed by atoms with Gasteiger partial charge in [0, 0.05) is 17.3 Å². The first kappa shape index (κ1) is 12.2. The first-order chi connectivity index (χ1) is 8.63. The van der Waals surface area contributed by atoms with Gasteiger partial charge < -0.3 is 10.5 Å². The van der Waals surface area contributed by atoms with Gasteiger partial charge in [-0.25, -0.2) is 0 Å². The van der Waals surface area contributed by atoms with Crippen LogP contribution in [-0.4, -0.2) is 12.9 Å². The standard InChI is InChI=1S/C15H15NO2/c1-10-5-3-4-6-12(10)15(17)13-8-7-11(16)9-14(13)18-2/h3-9H,16H2,1-2H3. The topological polar surface area (TPSA) is 52.3 Å². The summed E-state index contributed by atoms with van der Waals surface area (Å²) < 4.78 is 5.21. The third-order valence-electron chi connectivity index (χ3n) is 2.86. The third-order valence-corrected chi connectivity index (χ3v) is 2.86. The van der Waals surface area contributed by atoms with Crippen molar-refractivity contribution < 1.29 is 9.53 Å². The second-order valence-electron chi connectivity index (χ2n) is 4.10. The highest BCUT2D eigenvalue weighted by atomic mass is 16.5. The molecule has 0 bridgehead atoms. The van der Waals surface area contributed by atoms with Gasteiger partial charge in [0.05, 0.1) is 12.7 Å². The summed E-state index contributed by atoms with van der Waals surface area (Å²) in [7, 11) is 1.53. The fourth-order valence-electron chi connectivity index (χ4n) is 1.87. The van der Waals surface area contributed by atoms with E-state index in [-0.39, 0.29) is 5.78 Å². The van der Waals surface area contributed by atoms with E-state index < -0.39 is 0 Å². The van der Waals surface area contributed by atoms with E-state index in [4.69, 9.17) is 10.5 Å². The number of nitrogen functional groups attached to an aromatic ring is 1. The summed E-state index contributed by atoms with van der Waals surface area (Å²) in [5, 5.41) is 0. The Morgan fingerprint density at radius 3 is 2.50 bits per heavy atom. The number of ether oxygens (including phenoxy) is 1. The predicted molar refractivity (Wildman–Crippen MR) is 72.0 cm³/mol. The Hall–Kier alpha value is -2.29. The average Bonchev–Trinajstić information content (AvgIpc) is 2.38. The van der Waals surface area contributed by atoms with Gasteiger partial charge in [-0.05, 0) is 24.6 Å². The second kappa shape index (κ2) is 4.92. The number of anilines is 1. The second-order valence-corrected chi connectivity index (χ2v) is 4.10. The molecule has 0 aliphatic carbocycles. The Morgan fingerprint density at radius 2 is 1.83 bits per heavy atom. The Bertz CT molecular complexity index is 591. The molecule has 0 amide bonds. The number of nitrogens with two attached hydrogens (primary N) is 1. The molecule has 3 nitrogen and oxygen atoms in total. The Balaban J connectivity index is 2.50. The smallest absolute Gasteiger partial charge is 0.197 e. The van der Waals surface area contributed by atoms with E-state index in [9.17, 15) is 4.79 Å². The molecule has 0 spiro atoms. The molecule has 0 saturated heterocycles. The number of hydrogen-bond acceptors (Lipinski definition) is 3. The number of hydrogen-bond donors (Lipinski definition) is 1. The molecule has 0 aromatic heterocycles. The van der Waals surface area contributed by atoms with Crippen LogP contribution in [0.4, 0.5) is 5.69 Å². The number of carbonyl (C=O) groups excluding carboxylic acids is 1. The highest BCUT2D eigenvalue weighted by molar-refractivity contribution is 6.11. The lowest BCUT2D eigenvalue weighted by molar-refractivity contribution is 0.103. The van der Waals surface area contributed by atoms with Crippen LogP contribution in [0.5, 0.6) is 5.75 Å². The van der Waals surface area contributed by atoms with Crippen LogP contribution in [0.1, 0.15) is 21.5 Å². The molecule has 2 aromatic rings. The van der Waals surface area contributed by atoms with Crippen molar-refractivity contribution >= 4 is 11.5 Å². The van der Waals surface area contributed by atoms with Crippen LogP contribution in [-0.2, 0) is 0 Å². The van der Waals surface area contributed by atoms with E-state index in [1.807, 2.05) is 31.2 Å². The van der Waals surface area contributed by atoms with E-state index in [2.05, 4.69) is 0 Å². The molecule has 18 heavy (non-hydrogen) atoms. The van der Waals surface area contributed by atoms with Crippen LogP contribution in [0, 0.1) is 6.92 Å². The molecule has 0 radical (unpaired) electrons. The minimum absolute atomic E-state index is 0.0510. The first-order valence-corrected chi connectivity index (χ1v) is 5.67. The van der Waals surface area contributed by atoms with Crippen molar-refractivity contribution in [3.05, 3.63) is 59.2 Å². The zero-order valence-corrected chi connectivity index (χ0v) is 10.4. The van der Waals surface area contributed by atoms with Crippen molar-refractivity contribution in [1.29, 1.82) is 0 Å². The van der Waals surface area contributed by atoms with E-state index in [0.717, 1.165) is 5.56 Å². The van der Waals surface area contributed by atoms with Crippen LogP contribution in [0.2, 0.25) is 0 Å². The molecular weight excluding hydrogens is 226 g/mol. The van der Waals surface area contributed by atoms with E-state index in [1.54, 1.807) is 18.2 Å². The summed E-state index contributed by atoms with van der Waals surface area (Å²) in [6, 6.07) is 12.5. The van der Waals surface area contributed by atoms with Gasteiger partial charge in [0.15, 0.2) is 5.78 Å². The van der Waals surface area contributed by atoms with Gasteiger partial charge in [0.2, 0.25) is 0 Å². The van der Waals surface area contributed by atoms with Crippen molar-refractivity contribution in [2.45, 2.75) is 6.92 Å². The lowest BCUT2D eigenvalue weighted by Gasteiger charge is -2.10. The Labute approximate surface area is 106 Å². The van der Waals surface area contributed by atoms with Crippen LogP contribution in [0.25, 0.3) is 0 Å². The monoisotopic (exact) mass is 241 g/mol. The molecule has 2 rings (SSSR count). The van der Waals surface area contributed by atoms with Gasteiger partial charge in [0.25, 0.3) is 0 Å². The van der Waals surface area contributed by atoms with Crippen LogP contribution < -0.4 is 10.5 Å². The van der Waals surface area contributed by atoms with Crippen LogP contribution >= 0.6 is 0 Å². The molecule has 2 N–H and O–H groups in total. The summed E-state index contributed by atoms with van der Waals surface area (Å²) >= 11 is 0. The molecule has 0 aliphatic heterocycles. The molecule has 0 fully saturated rings. The minimum atomic E-state index is -0.0510. The van der Waals surface area contributed by atoms with E-state index in [0.29, 0.717) is 22.6 Å².